The van der Waals surface area contributed by atoms with E-state index in [2.05, 4.69) is 57.5 Å². The van der Waals surface area contributed by atoms with Gasteiger partial charge in [0.25, 0.3) is 8.32 Å². The van der Waals surface area contributed by atoms with Gasteiger partial charge in [0.05, 0.1) is 5.56 Å². The molecule has 1 aromatic rings. The lowest BCUT2D eigenvalue weighted by Gasteiger charge is -2.41. The van der Waals surface area contributed by atoms with Crippen molar-refractivity contribution in [2.75, 3.05) is 0 Å². The Kier molecular flexibility index (Phi) is 6.01. The summed E-state index contributed by atoms with van der Waals surface area (Å²) in [6.45, 7) is 13.1. The van der Waals surface area contributed by atoms with Crippen LogP contribution >= 0.6 is 15.9 Å². The van der Waals surface area contributed by atoms with Crippen LogP contribution in [0, 0.1) is 0 Å². The average molecular weight is 357 g/mol. The van der Waals surface area contributed by atoms with Crippen molar-refractivity contribution in [2.24, 2.45) is 0 Å². The Labute approximate surface area is 132 Å². The van der Waals surface area contributed by atoms with E-state index in [1.807, 2.05) is 24.3 Å². The number of carbonyl (C=O) groups excluding carboxylic acids is 1. The Bertz CT molecular complexity index is 448. The molecule has 0 aliphatic carbocycles. The van der Waals surface area contributed by atoms with Gasteiger partial charge in [0, 0.05) is 4.47 Å². The minimum Gasteiger partial charge on any atom is -0.515 e. The lowest BCUT2D eigenvalue weighted by Crippen LogP contribution is -2.49. The van der Waals surface area contributed by atoms with Gasteiger partial charge in [-0.2, -0.15) is 0 Å². The number of halogens is 1. The third kappa shape index (κ3) is 3.53. The van der Waals surface area contributed by atoms with Crippen LogP contribution in [0.3, 0.4) is 0 Å². The van der Waals surface area contributed by atoms with Crippen molar-refractivity contribution >= 4 is 30.2 Å². The molecule has 0 radical (unpaired) electrons. The number of hydrogen-bond donors (Lipinski definition) is 0. The topological polar surface area (TPSA) is 26.3 Å². The van der Waals surface area contributed by atoms with Gasteiger partial charge in [-0.3, -0.25) is 0 Å². The molecule has 2 nitrogen and oxygen atoms in total. The summed E-state index contributed by atoms with van der Waals surface area (Å²) in [6, 6.07) is 7.41. The molecule has 0 N–H and O–H groups in total. The molecule has 0 spiro atoms. The van der Waals surface area contributed by atoms with Crippen molar-refractivity contribution in [3.8, 4) is 0 Å². The highest BCUT2D eigenvalue weighted by atomic mass is 79.9. The molecule has 0 fully saturated rings. The minimum atomic E-state index is -2.16. The fraction of sp³-hybridized carbons (Fsp3) is 0.562. The molecule has 0 aliphatic rings. The quantitative estimate of drug-likeness (QED) is 0.624. The molecule has 0 saturated heterocycles. The fourth-order valence-electron chi connectivity index (χ4n) is 3.19. The zero-order valence-electron chi connectivity index (χ0n) is 13.2. The molecular formula is C16H25BrO2Si. The van der Waals surface area contributed by atoms with Crippen LogP contribution in [-0.2, 0) is 4.43 Å². The van der Waals surface area contributed by atoms with Crippen LogP contribution in [0.15, 0.2) is 28.7 Å². The minimum absolute atomic E-state index is 0.186. The van der Waals surface area contributed by atoms with Gasteiger partial charge in [0.15, 0.2) is 0 Å². The highest BCUT2D eigenvalue weighted by Gasteiger charge is 2.48. The zero-order valence-corrected chi connectivity index (χ0v) is 15.8. The van der Waals surface area contributed by atoms with Crippen LogP contribution in [0.1, 0.15) is 51.9 Å². The first-order chi connectivity index (χ1) is 9.21. The molecule has 0 bridgehead atoms. The number of carbonyl (C=O) groups is 1. The van der Waals surface area contributed by atoms with E-state index in [1.165, 1.54) is 0 Å². The summed E-state index contributed by atoms with van der Waals surface area (Å²) in [6.07, 6.45) is 0. The van der Waals surface area contributed by atoms with Gasteiger partial charge in [0.1, 0.15) is 0 Å². The van der Waals surface area contributed by atoms with Crippen LogP contribution in [0.2, 0.25) is 16.6 Å². The van der Waals surface area contributed by atoms with E-state index in [1.54, 1.807) is 0 Å². The molecule has 4 heteroatoms. The second-order valence-electron chi connectivity index (χ2n) is 6.22. The van der Waals surface area contributed by atoms with Gasteiger partial charge in [-0.15, -0.1) is 0 Å². The predicted molar refractivity (Wildman–Crippen MR) is 90.6 cm³/mol. The second kappa shape index (κ2) is 6.90. The monoisotopic (exact) mass is 356 g/mol. The van der Waals surface area contributed by atoms with Crippen molar-refractivity contribution in [1.29, 1.82) is 0 Å². The number of benzene rings is 1. The molecule has 0 unspecified atom stereocenters. The molecular weight excluding hydrogens is 332 g/mol. The zero-order chi connectivity index (χ0) is 15.5. The van der Waals surface area contributed by atoms with Gasteiger partial charge >= 0.3 is 5.97 Å². The van der Waals surface area contributed by atoms with E-state index in [-0.39, 0.29) is 5.97 Å². The second-order valence-corrected chi connectivity index (χ2v) is 12.5. The van der Waals surface area contributed by atoms with E-state index in [0.717, 1.165) is 4.47 Å². The van der Waals surface area contributed by atoms with Crippen LogP contribution in [0.25, 0.3) is 0 Å². The summed E-state index contributed by atoms with van der Waals surface area (Å²) in [7, 11) is -2.16. The summed E-state index contributed by atoms with van der Waals surface area (Å²) in [5.41, 5.74) is 1.83. The van der Waals surface area contributed by atoms with Gasteiger partial charge in [-0.05, 0) is 34.8 Å². The third-order valence-electron chi connectivity index (χ3n) is 4.04. The van der Waals surface area contributed by atoms with Crippen molar-refractivity contribution in [3.05, 3.63) is 34.3 Å². The standard InChI is InChI=1S/C16H25BrO2Si/c1-11(2)20(12(3)4,13(5)6)19-16(18)14-8-7-9-15(17)10-14/h7-13H,1-6H3. The maximum atomic E-state index is 12.5. The first-order valence-electron chi connectivity index (χ1n) is 7.20. The van der Waals surface area contributed by atoms with E-state index in [0.29, 0.717) is 22.2 Å². The van der Waals surface area contributed by atoms with Crippen LogP contribution in [-0.4, -0.2) is 14.3 Å². The molecule has 20 heavy (non-hydrogen) atoms. The third-order valence-corrected chi connectivity index (χ3v) is 10.5. The van der Waals surface area contributed by atoms with Gasteiger partial charge in [-0.1, -0.05) is 63.5 Å². The van der Waals surface area contributed by atoms with E-state index >= 15 is 0 Å². The van der Waals surface area contributed by atoms with E-state index in [4.69, 9.17) is 4.43 Å². The highest BCUT2D eigenvalue weighted by Crippen LogP contribution is 2.42. The maximum absolute atomic E-state index is 12.5. The van der Waals surface area contributed by atoms with Crippen molar-refractivity contribution < 1.29 is 9.22 Å². The summed E-state index contributed by atoms with van der Waals surface area (Å²) >= 11 is 3.40. The molecule has 1 aromatic carbocycles. The van der Waals surface area contributed by atoms with Crippen molar-refractivity contribution in [2.45, 2.75) is 58.2 Å². The average Bonchev–Trinajstić information content (AvgIpc) is 2.34. The lowest BCUT2D eigenvalue weighted by molar-refractivity contribution is 0.0705. The fourth-order valence-corrected chi connectivity index (χ4v) is 8.73. The maximum Gasteiger partial charge on any atom is 0.324 e. The van der Waals surface area contributed by atoms with E-state index in [9.17, 15) is 4.79 Å². The summed E-state index contributed by atoms with van der Waals surface area (Å²) in [5, 5.41) is 0. The molecule has 0 amide bonds. The Morgan fingerprint density at radius 3 is 1.95 bits per heavy atom. The van der Waals surface area contributed by atoms with Crippen molar-refractivity contribution in [1.82, 2.24) is 0 Å². The van der Waals surface area contributed by atoms with Crippen molar-refractivity contribution in [3.63, 3.8) is 0 Å². The van der Waals surface area contributed by atoms with Gasteiger partial charge < -0.3 is 4.43 Å². The molecule has 0 aliphatic heterocycles. The lowest BCUT2D eigenvalue weighted by atomic mass is 10.2. The summed E-state index contributed by atoms with van der Waals surface area (Å²) in [4.78, 5) is 12.5. The van der Waals surface area contributed by atoms with Crippen LogP contribution < -0.4 is 0 Å². The first-order valence-corrected chi connectivity index (χ1v) is 10.1. The highest BCUT2D eigenvalue weighted by molar-refractivity contribution is 9.10. The largest absolute Gasteiger partial charge is 0.515 e. The smallest absolute Gasteiger partial charge is 0.324 e. The Hall–Kier alpha value is -0.613. The molecule has 0 heterocycles. The number of hydrogen-bond acceptors (Lipinski definition) is 2. The van der Waals surface area contributed by atoms with Crippen LogP contribution in [0.5, 0.6) is 0 Å². The first kappa shape index (κ1) is 17.4. The summed E-state index contributed by atoms with van der Waals surface area (Å²) in [5.74, 6) is -0.186. The molecule has 1 rings (SSSR count). The van der Waals surface area contributed by atoms with Gasteiger partial charge in [0.2, 0.25) is 0 Å². The van der Waals surface area contributed by atoms with Crippen LogP contribution in [0.4, 0.5) is 0 Å². The Balaban J connectivity index is 3.10. The summed E-state index contributed by atoms with van der Waals surface area (Å²) < 4.78 is 7.04. The molecule has 0 aromatic heterocycles. The number of rotatable bonds is 5. The molecule has 112 valence electrons. The molecule has 0 saturated carbocycles. The predicted octanol–water partition coefficient (Wildman–Crippen LogP) is 5.78. The normalized spacial score (nSPS) is 12.3. The Morgan fingerprint density at radius 1 is 1.05 bits per heavy atom. The SMILES string of the molecule is CC(C)[Si](OC(=O)c1cccc(Br)c1)(C(C)C)C(C)C. The van der Waals surface area contributed by atoms with E-state index < -0.39 is 8.32 Å². The Morgan fingerprint density at radius 2 is 1.55 bits per heavy atom. The van der Waals surface area contributed by atoms with Gasteiger partial charge in [-0.25, -0.2) is 4.79 Å². The molecule has 0 atom stereocenters.